The molecule has 1 aromatic rings. The zero-order valence-corrected chi connectivity index (χ0v) is 11.1. The molecule has 0 radical (unpaired) electrons. The maximum atomic E-state index is 5.71. The third-order valence-electron chi connectivity index (χ3n) is 2.37. The first-order valence-corrected chi connectivity index (χ1v) is 6.24. The van der Waals surface area contributed by atoms with Crippen LogP contribution >= 0.6 is 27.5 Å². The summed E-state index contributed by atoms with van der Waals surface area (Å²) in [7, 11) is 1.63. The van der Waals surface area contributed by atoms with E-state index in [9.17, 15) is 0 Å². The van der Waals surface area contributed by atoms with E-state index in [-0.39, 0.29) is 12.4 Å². The molecule has 0 N–H and O–H groups in total. The van der Waals surface area contributed by atoms with E-state index in [4.69, 9.17) is 25.8 Å². The maximum absolute atomic E-state index is 5.71. The molecule has 0 bridgehead atoms. The van der Waals surface area contributed by atoms with Crippen LogP contribution in [0.1, 0.15) is 11.9 Å². The summed E-state index contributed by atoms with van der Waals surface area (Å²) in [4.78, 5) is 0. The van der Waals surface area contributed by atoms with Gasteiger partial charge in [0.1, 0.15) is 5.75 Å². The summed E-state index contributed by atoms with van der Waals surface area (Å²) in [6.45, 7) is 0.539. The molecule has 16 heavy (non-hydrogen) atoms. The van der Waals surface area contributed by atoms with Gasteiger partial charge in [0, 0.05) is 5.56 Å². The second-order valence-corrected chi connectivity index (χ2v) is 4.63. The largest absolute Gasteiger partial charge is 0.496 e. The predicted octanol–water partition coefficient (Wildman–Crippen LogP) is 3.11. The summed E-state index contributed by atoms with van der Waals surface area (Å²) >= 11 is 9.13. The summed E-state index contributed by atoms with van der Waals surface area (Å²) in [5.41, 5.74) is 0.959. The van der Waals surface area contributed by atoms with Crippen molar-refractivity contribution in [1.29, 1.82) is 0 Å². The van der Waals surface area contributed by atoms with Crippen LogP contribution in [0.25, 0.3) is 0 Å². The zero-order chi connectivity index (χ0) is 11.5. The van der Waals surface area contributed by atoms with E-state index in [1.807, 2.05) is 18.2 Å². The van der Waals surface area contributed by atoms with Gasteiger partial charge in [0.05, 0.1) is 30.2 Å². The van der Waals surface area contributed by atoms with Gasteiger partial charge in [-0.1, -0.05) is 6.07 Å². The van der Waals surface area contributed by atoms with Crippen molar-refractivity contribution in [2.24, 2.45) is 0 Å². The molecule has 1 heterocycles. The highest BCUT2D eigenvalue weighted by molar-refractivity contribution is 9.10. The first-order chi connectivity index (χ1) is 7.74. The third-order valence-corrected chi connectivity index (χ3v) is 3.33. The monoisotopic (exact) mass is 306 g/mol. The van der Waals surface area contributed by atoms with Gasteiger partial charge in [0.25, 0.3) is 0 Å². The number of rotatable bonds is 3. The Morgan fingerprint density at radius 2 is 2.38 bits per heavy atom. The van der Waals surface area contributed by atoms with Gasteiger partial charge in [-0.05, 0) is 28.1 Å². The number of hydrogen-bond donors (Lipinski definition) is 0. The van der Waals surface area contributed by atoms with E-state index in [0.717, 1.165) is 15.8 Å². The summed E-state index contributed by atoms with van der Waals surface area (Å²) in [5.74, 6) is 1.24. The molecular weight excluding hydrogens is 295 g/mol. The van der Waals surface area contributed by atoms with Crippen LogP contribution in [0, 0.1) is 0 Å². The number of hydrogen-bond acceptors (Lipinski definition) is 3. The van der Waals surface area contributed by atoms with Crippen molar-refractivity contribution in [2.45, 2.75) is 12.4 Å². The highest BCUT2D eigenvalue weighted by Gasteiger charge is 2.26. The Hall–Kier alpha value is -0.290. The smallest absolute Gasteiger partial charge is 0.184 e. The highest BCUT2D eigenvalue weighted by Crippen LogP contribution is 2.32. The average Bonchev–Trinajstić information content (AvgIpc) is 2.77. The van der Waals surface area contributed by atoms with Crippen LogP contribution in [-0.2, 0) is 9.47 Å². The van der Waals surface area contributed by atoms with E-state index in [1.54, 1.807) is 7.11 Å². The molecule has 1 aliphatic rings. The molecule has 2 unspecified atom stereocenters. The van der Waals surface area contributed by atoms with Crippen LogP contribution in [0.2, 0.25) is 0 Å². The fraction of sp³-hybridized carbons (Fsp3) is 0.455. The molecule has 2 atom stereocenters. The number of methoxy groups -OCH3 is 1. The fourth-order valence-electron chi connectivity index (χ4n) is 1.53. The molecular formula is C11H12BrClO3. The summed E-state index contributed by atoms with van der Waals surface area (Å²) < 4.78 is 17.2. The molecule has 0 spiro atoms. The highest BCUT2D eigenvalue weighted by atomic mass is 79.9. The molecule has 88 valence electrons. The minimum atomic E-state index is -0.328. The van der Waals surface area contributed by atoms with Gasteiger partial charge in [-0.15, -0.1) is 11.6 Å². The maximum Gasteiger partial charge on any atom is 0.184 e. The lowest BCUT2D eigenvalue weighted by Crippen LogP contribution is -2.10. The Morgan fingerprint density at radius 1 is 1.56 bits per heavy atom. The Bertz CT molecular complexity index is 372. The molecule has 1 saturated heterocycles. The number of alkyl halides is 1. The van der Waals surface area contributed by atoms with Crippen molar-refractivity contribution >= 4 is 27.5 Å². The Kier molecular flexibility index (Phi) is 4.08. The van der Waals surface area contributed by atoms with Crippen LogP contribution in [-0.4, -0.2) is 25.7 Å². The second kappa shape index (κ2) is 5.36. The lowest BCUT2D eigenvalue weighted by molar-refractivity contribution is -0.0567. The van der Waals surface area contributed by atoms with E-state index >= 15 is 0 Å². The predicted molar refractivity (Wildman–Crippen MR) is 65.0 cm³/mol. The lowest BCUT2D eigenvalue weighted by Gasteiger charge is -2.12. The third kappa shape index (κ3) is 2.51. The zero-order valence-electron chi connectivity index (χ0n) is 8.78. The first-order valence-electron chi connectivity index (χ1n) is 4.91. The van der Waals surface area contributed by atoms with Crippen LogP contribution in [0.15, 0.2) is 22.7 Å². The molecule has 1 aliphatic heterocycles. The van der Waals surface area contributed by atoms with Gasteiger partial charge >= 0.3 is 0 Å². The molecule has 1 aromatic carbocycles. The molecule has 5 heteroatoms. The van der Waals surface area contributed by atoms with Crippen LogP contribution in [0.5, 0.6) is 5.75 Å². The molecule has 2 rings (SSSR count). The van der Waals surface area contributed by atoms with Gasteiger partial charge < -0.3 is 14.2 Å². The van der Waals surface area contributed by atoms with Crippen LogP contribution < -0.4 is 4.74 Å². The van der Waals surface area contributed by atoms with Gasteiger partial charge in [-0.3, -0.25) is 0 Å². The summed E-state index contributed by atoms with van der Waals surface area (Å²) in [5, 5.41) is 0. The van der Waals surface area contributed by atoms with Crippen molar-refractivity contribution in [2.75, 3.05) is 19.6 Å². The number of benzene rings is 1. The van der Waals surface area contributed by atoms with E-state index in [1.165, 1.54) is 0 Å². The summed E-state index contributed by atoms with van der Waals surface area (Å²) in [6, 6.07) is 5.73. The van der Waals surface area contributed by atoms with Gasteiger partial charge in [0.15, 0.2) is 6.29 Å². The molecule has 1 fully saturated rings. The Morgan fingerprint density at radius 3 is 2.94 bits per heavy atom. The molecule has 0 aromatic heterocycles. The van der Waals surface area contributed by atoms with Crippen molar-refractivity contribution in [3.05, 3.63) is 28.2 Å². The molecule has 3 nitrogen and oxygen atoms in total. The minimum absolute atomic E-state index is 0.0208. The second-order valence-electron chi connectivity index (χ2n) is 3.47. The molecule has 0 amide bonds. The fourth-order valence-corrected chi connectivity index (χ4v) is 2.25. The average molecular weight is 308 g/mol. The van der Waals surface area contributed by atoms with Gasteiger partial charge in [0.2, 0.25) is 0 Å². The van der Waals surface area contributed by atoms with Crippen LogP contribution in [0.4, 0.5) is 0 Å². The van der Waals surface area contributed by atoms with Gasteiger partial charge in [-0.2, -0.15) is 0 Å². The standard InChI is InChI=1S/C11H12BrClO3/c1-14-10-3-2-7(4-9(10)12)11-15-6-8(5-13)16-11/h2-4,8,11H,5-6H2,1H3. The first kappa shape index (κ1) is 12.2. The SMILES string of the molecule is COc1ccc(C2OCC(CCl)O2)cc1Br. The van der Waals surface area contributed by atoms with Crippen molar-refractivity contribution in [3.63, 3.8) is 0 Å². The Labute approximate surface area is 108 Å². The number of halogens is 2. The van der Waals surface area contributed by atoms with Crippen LogP contribution in [0.3, 0.4) is 0 Å². The topological polar surface area (TPSA) is 27.7 Å². The van der Waals surface area contributed by atoms with E-state index in [0.29, 0.717) is 12.5 Å². The van der Waals surface area contributed by atoms with Crippen molar-refractivity contribution in [3.8, 4) is 5.75 Å². The summed E-state index contributed by atoms with van der Waals surface area (Å²) in [6.07, 6.45) is -0.349. The van der Waals surface area contributed by atoms with Crippen molar-refractivity contribution < 1.29 is 14.2 Å². The Balaban J connectivity index is 2.13. The number of ether oxygens (including phenoxy) is 3. The van der Waals surface area contributed by atoms with Crippen molar-refractivity contribution in [1.82, 2.24) is 0 Å². The van der Waals surface area contributed by atoms with E-state index in [2.05, 4.69) is 15.9 Å². The minimum Gasteiger partial charge on any atom is -0.496 e. The molecule has 0 aliphatic carbocycles. The quantitative estimate of drug-likeness (QED) is 0.803. The normalized spacial score (nSPS) is 24.7. The van der Waals surface area contributed by atoms with E-state index < -0.39 is 0 Å². The molecule has 0 saturated carbocycles. The lowest BCUT2D eigenvalue weighted by atomic mass is 10.2. The van der Waals surface area contributed by atoms with Gasteiger partial charge in [-0.25, -0.2) is 0 Å².